The van der Waals surface area contributed by atoms with Crippen LogP contribution in [0.15, 0.2) is 24.3 Å². The Kier molecular flexibility index (Phi) is 5.65. The van der Waals surface area contributed by atoms with Crippen LogP contribution in [0.1, 0.15) is 24.5 Å². The SMILES string of the molecule is CCC(CO)(CO)NS(=O)(=O)Cc1ccc(C#N)cc1. The number of nitriles is 1. The third kappa shape index (κ3) is 4.28. The quantitative estimate of drug-likeness (QED) is 0.662. The largest absolute Gasteiger partial charge is 0.394 e. The van der Waals surface area contributed by atoms with Crippen molar-refractivity contribution >= 4 is 10.0 Å². The predicted molar refractivity (Wildman–Crippen MR) is 74.1 cm³/mol. The molecule has 0 saturated carbocycles. The fourth-order valence-electron chi connectivity index (χ4n) is 1.67. The number of nitrogens with zero attached hydrogens (tertiary/aromatic N) is 1. The highest BCUT2D eigenvalue weighted by Crippen LogP contribution is 2.13. The molecule has 1 aromatic carbocycles. The average molecular weight is 298 g/mol. The van der Waals surface area contributed by atoms with Crippen LogP contribution >= 0.6 is 0 Å². The van der Waals surface area contributed by atoms with E-state index in [9.17, 15) is 18.6 Å². The molecule has 0 amide bonds. The lowest BCUT2D eigenvalue weighted by Crippen LogP contribution is -2.53. The first kappa shape index (κ1) is 16.6. The van der Waals surface area contributed by atoms with Crippen LogP contribution in [0, 0.1) is 11.3 Å². The van der Waals surface area contributed by atoms with E-state index in [0.717, 1.165) is 0 Å². The van der Waals surface area contributed by atoms with Gasteiger partial charge in [-0.3, -0.25) is 0 Å². The van der Waals surface area contributed by atoms with Crippen molar-refractivity contribution in [3.05, 3.63) is 35.4 Å². The molecular formula is C13H18N2O4S. The summed E-state index contributed by atoms with van der Waals surface area (Å²) in [7, 11) is -3.70. The second-order valence-corrected chi connectivity index (χ2v) is 6.34. The summed E-state index contributed by atoms with van der Waals surface area (Å²) >= 11 is 0. The second kappa shape index (κ2) is 6.81. The molecule has 1 aromatic rings. The number of benzene rings is 1. The van der Waals surface area contributed by atoms with Gasteiger partial charge >= 0.3 is 0 Å². The molecule has 3 N–H and O–H groups in total. The summed E-state index contributed by atoms with van der Waals surface area (Å²) in [5, 5.41) is 27.2. The van der Waals surface area contributed by atoms with Gasteiger partial charge in [0.25, 0.3) is 0 Å². The fourth-order valence-corrected chi connectivity index (χ4v) is 3.31. The maximum Gasteiger partial charge on any atom is 0.216 e. The Labute approximate surface area is 118 Å². The molecule has 0 fully saturated rings. The Hall–Kier alpha value is -1.46. The summed E-state index contributed by atoms with van der Waals surface area (Å²) in [6.07, 6.45) is 0.270. The van der Waals surface area contributed by atoms with Gasteiger partial charge in [0.05, 0.1) is 36.1 Å². The summed E-state index contributed by atoms with van der Waals surface area (Å²) in [5.74, 6) is -0.277. The molecule has 0 heterocycles. The molecule has 0 unspecified atom stereocenters. The normalized spacial score (nSPS) is 12.1. The van der Waals surface area contributed by atoms with Gasteiger partial charge in [-0.25, -0.2) is 13.1 Å². The first-order valence-corrected chi connectivity index (χ1v) is 7.78. The van der Waals surface area contributed by atoms with Gasteiger partial charge in [0.15, 0.2) is 0 Å². The minimum atomic E-state index is -3.70. The summed E-state index contributed by atoms with van der Waals surface area (Å²) < 4.78 is 26.4. The van der Waals surface area contributed by atoms with Crippen molar-refractivity contribution < 1.29 is 18.6 Å². The van der Waals surface area contributed by atoms with E-state index in [1.807, 2.05) is 6.07 Å². The van der Waals surface area contributed by atoms with E-state index in [4.69, 9.17) is 5.26 Å². The predicted octanol–water partition coefficient (Wildman–Crippen LogP) is 0.111. The Balaban J connectivity index is 2.86. The van der Waals surface area contributed by atoms with Crippen molar-refractivity contribution in [1.82, 2.24) is 4.72 Å². The molecule has 6 nitrogen and oxygen atoms in total. The summed E-state index contributed by atoms with van der Waals surface area (Å²) in [6.45, 7) is 0.718. The maximum atomic E-state index is 12.0. The van der Waals surface area contributed by atoms with Gasteiger partial charge < -0.3 is 10.2 Å². The van der Waals surface area contributed by atoms with Crippen LogP contribution in [0.3, 0.4) is 0 Å². The molecule has 0 radical (unpaired) electrons. The average Bonchev–Trinajstić information content (AvgIpc) is 2.45. The maximum absolute atomic E-state index is 12.0. The van der Waals surface area contributed by atoms with E-state index < -0.39 is 28.8 Å². The van der Waals surface area contributed by atoms with Crippen LogP contribution in [0.2, 0.25) is 0 Å². The van der Waals surface area contributed by atoms with Gasteiger partial charge in [0.1, 0.15) is 0 Å². The summed E-state index contributed by atoms with van der Waals surface area (Å²) in [5.41, 5.74) is -0.268. The van der Waals surface area contributed by atoms with Crippen molar-refractivity contribution in [1.29, 1.82) is 5.26 Å². The Bertz CT molecular complexity index is 563. The van der Waals surface area contributed by atoms with Gasteiger partial charge in [0, 0.05) is 0 Å². The van der Waals surface area contributed by atoms with Gasteiger partial charge in [-0.1, -0.05) is 19.1 Å². The minimum absolute atomic E-state index is 0.270. The number of aliphatic hydroxyl groups is 2. The molecule has 0 bridgehead atoms. The first-order chi connectivity index (χ1) is 9.40. The molecule has 110 valence electrons. The van der Waals surface area contributed by atoms with Gasteiger partial charge in [0.2, 0.25) is 10.0 Å². The van der Waals surface area contributed by atoms with E-state index in [0.29, 0.717) is 11.1 Å². The van der Waals surface area contributed by atoms with Crippen molar-refractivity contribution in [2.75, 3.05) is 13.2 Å². The lowest BCUT2D eigenvalue weighted by atomic mass is 10.0. The molecule has 1 rings (SSSR count). The van der Waals surface area contributed by atoms with Gasteiger partial charge in [-0.05, 0) is 24.1 Å². The van der Waals surface area contributed by atoms with Gasteiger partial charge in [-0.2, -0.15) is 5.26 Å². The topological polar surface area (TPSA) is 110 Å². The Morgan fingerprint density at radius 1 is 1.25 bits per heavy atom. The molecule has 20 heavy (non-hydrogen) atoms. The second-order valence-electron chi connectivity index (χ2n) is 4.62. The number of rotatable bonds is 7. The Morgan fingerprint density at radius 2 is 1.80 bits per heavy atom. The number of aliphatic hydroxyl groups excluding tert-OH is 2. The molecule has 0 spiro atoms. The van der Waals surface area contributed by atoms with Crippen LogP contribution in [0.4, 0.5) is 0 Å². The third-order valence-electron chi connectivity index (χ3n) is 3.09. The highest BCUT2D eigenvalue weighted by atomic mass is 32.2. The molecule has 0 aliphatic rings. The van der Waals surface area contributed by atoms with E-state index in [1.165, 1.54) is 12.1 Å². The van der Waals surface area contributed by atoms with E-state index in [-0.39, 0.29) is 12.2 Å². The molecule has 0 aliphatic carbocycles. The summed E-state index contributed by atoms with van der Waals surface area (Å²) in [6, 6.07) is 8.14. The van der Waals surface area contributed by atoms with Crippen LogP contribution < -0.4 is 4.72 Å². The number of nitrogens with one attached hydrogen (secondary N) is 1. The van der Waals surface area contributed by atoms with E-state index in [2.05, 4.69) is 4.72 Å². The van der Waals surface area contributed by atoms with Crippen LogP contribution in [-0.2, 0) is 15.8 Å². The summed E-state index contributed by atoms with van der Waals surface area (Å²) in [4.78, 5) is 0. The fraction of sp³-hybridized carbons (Fsp3) is 0.462. The molecule has 7 heteroatoms. The van der Waals surface area contributed by atoms with Crippen molar-refractivity contribution in [2.45, 2.75) is 24.6 Å². The van der Waals surface area contributed by atoms with Crippen LogP contribution in [0.25, 0.3) is 0 Å². The lowest BCUT2D eigenvalue weighted by Gasteiger charge is -2.29. The molecule has 0 aromatic heterocycles. The van der Waals surface area contributed by atoms with Crippen LogP contribution in [-0.4, -0.2) is 37.4 Å². The zero-order valence-electron chi connectivity index (χ0n) is 11.2. The lowest BCUT2D eigenvalue weighted by molar-refractivity contribution is 0.105. The van der Waals surface area contributed by atoms with Gasteiger partial charge in [-0.15, -0.1) is 0 Å². The molecule has 0 atom stereocenters. The molecule has 0 aliphatic heterocycles. The molecular weight excluding hydrogens is 280 g/mol. The minimum Gasteiger partial charge on any atom is -0.394 e. The zero-order chi connectivity index (χ0) is 15.2. The van der Waals surface area contributed by atoms with Crippen molar-refractivity contribution in [2.24, 2.45) is 0 Å². The number of sulfonamides is 1. The highest BCUT2D eigenvalue weighted by Gasteiger charge is 2.31. The standard InChI is InChI=1S/C13H18N2O4S/c1-2-13(9-16,10-17)15-20(18,19)8-12-5-3-11(7-14)4-6-12/h3-6,15-17H,2,8-10H2,1H3. The molecule has 0 saturated heterocycles. The Morgan fingerprint density at radius 3 is 2.20 bits per heavy atom. The first-order valence-electron chi connectivity index (χ1n) is 6.12. The van der Waals surface area contributed by atoms with E-state index >= 15 is 0 Å². The third-order valence-corrected chi connectivity index (χ3v) is 4.55. The number of hydrogen-bond acceptors (Lipinski definition) is 5. The van der Waals surface area contributed by atoms with Crippen LogP contribution in [0.5, 0.6) is 0 Å². The smallest absolute Gasteiger partial charge is 0.216 e. The van der Waals surface area contributed by atoms with E-state index in [1.54, 1.807) is 19.1 Å². The number of hydrogen-bond donors (Lipinski definition) is 3. The zero-order valence-corrected chi connectivity index (χ0v) is 12.0. The highest BCUT2D eigenvalue weighted by molar-refractivity contribution is 7.88. The monoisotopic (exact) mass is 298 g/mol. The van der Waals surface area contributed by atoms with Crippen molar-refractivity contribution in [3.63, 3.8) is 0 Å². The van der Waals surface area contributed by atoms with Crippen molar-refractivity contribution in [3.8, 4) is 6.07 Å².